The summed E-state index contributed by atoms with van der Waals surface area (Å²) in [7, 11) is 0. The molecule has 1 aromatic heterocycles. The number of carbonyl (C=O) groups is 1. The van der Waals surface area contributed by atoms with E-state index >= 15 is 0 Å². The van der Waals surface area contributed by atoms with Crippen LogP contribution in [0.3, 0.4) is 0 Å². The summed E-state index contributed by atoms with van der Waals surface area (Å²) in [4.78, 5) is 15.1. The molecule has 1 fully saturated rings. The summed E-state index contributed by atoms with van der Waals surface area (Å²) in [5.74, 6) is -0.609. The molecule has 1 spiro atoms. The van der Waals surface area contributed by atoms with Gasteiger partial charge in [0.05, 0.1) is 11.5 Å². The van der Waals surface area contributed by atoms with E-state index in [1.54, 1.807) is 6.92 Å². The van der Waals surface area contributed by atoms with Crippen molar-refractivity contribution < 1.29 is 27.8 Å². The summed E-state index contributed by atoms with van der Waals surface area (Å²) in [5, 5.41) is 12.2. The summed E-state index contributed by atoms with van der Waals surface area (Å²) in [6.07, 6.45) is 1.98. The molecular formula is C24H27F3N2O3. The predicted molar refractivity (Wildman–Crippen MR) is 114 cm³/mol. The van der Waals surface area contributed by atoms with Gasteiger partial charge in [0.15, 0.2) is 0 Å². The molecule has 1 atom stereocenters. The Morgan fingerprint density at radius 3 is 2.72 bits per heavy atom. The number of aliphatic carboxylic acids is 1. The summed E-state index contributed by atoms with van der Waals surface area (Å²) in [6.45, 7) is 1.68. The van der Waals surface area contributed by atoms with Gasteiger partial charge in [0, 0.05) is 12.2 Å². The third-order valence-electron chi connectivity index (χ3n) is 6.62. The predicted octanol–water partition coefficient (Wildman–Crippen LogP) is 5.48. The van der Waals surface area contributed by atoms with Crippen LogP contribution in [0.25, 0.3) is 0 Å². The lowest BCUT2D eigenvalue weighted by atomic mass is 9.77. The molecule has 2 aliphatic rings. The number of carboxylic acid groups (broad SMARTS) is 1. The lowest BCUT2D eigenvalue weighted by molar-refractivity contribution is -0.141. The molecule has 32 heavy (non-hydrogen) atoms. The average Bonchev–Trinajstić information content (AvgIpc) is 2.75. The molecule has 2 aromatic rings. The first-order valence-electron chi connectivity index (χ1n) is 11.0. The second-order valence-corrected chi connectivity index (χ2v) is 8.99. The van der Waals surface area contributed by atoms with E-state index in [0.29, 0.717) is 19.3 Å². The third-order valence-corrected chi connectivity index (χ3v) is 6.62. The van der Waals surface area contributed by atoms with Crippen LogP contribution in [0.1, 0.15) is 55.7 Å². The van der Waals surface area contributed by atoms with Crippen LogP contribution < -0.4 is 10.1 Å². The molecular weight excluding hydrogens is 421 g/mol. The van der Waals surface area contributed by atoms with Crippen LogP contribution in [0.2, 0.25) is 0 Å². The highest BCUT2D eigenvalue weighted by Gasteiger charge is 2.41. The Bertz CT molecular complexity index is 985. The number of nitrogens with zero attached hydrogens (tertiary/aromatic N) is 1. The highest BCUT2D eigenvalue weighted by Crippen LogP contribution is 2.43. The molecule has 5 nitrogen and oxygen atoms in total. The summed E-state index contributed by atoms with van der Waals surface area (Å²) in [6, 6.07) is 8.17. The maximum absolute atomic E-state index is 13.3. The lowest BCUT2D eigenvalue weighted by Gasteiger charge is -2.44. The van der Waals surface area contributed by atoms with Crippen molar-refractivity contribution in [2.45, 2.75) is 69.7 Å². The molecule has 1 saturated carbocycles. The number of pyridine rings is 1. The first kappa shape index (κ1) is 22.4. The molecule has 0 saturated heterocycles. The van der Waals surface area contributed by atoms with Crippen molar-refractivity contribution in [1.29, 1.82) is 0 Å². The standard InChI is InChI=1S/C24H27F3N2O3/c1-15(22(30)31)13-16-4-5-17-6-9-23(32-20(17)14-16)10-7-18(8-11-23)29-21-19(24(25,26)27)3-2-12-28-21/h2-5,12,14-15,18H,6-11,13H2,1H3,(H,28,29)(H,30,31). The molecule has 2 N–H and O–H groups in total. The molecule has 4 rings (SSSR count). The monoisotopic (exact) mass is 448 g/mol. The molecule has 0 bridgehead atoms. The van der Waals surface area contributed by atoms with Crippen molar-refractivity contribution in [2.24, 2.45) is 5.92 Å². The average molecular weight is 448 g/mol. The maximum Gasteiger partial charge on any atom is 0.419 e. The van der Waals surface area contributed by atoms with Crippen LogP contribution >= 0.6 is 0 Å². The largest absolute Gasteiger partial charge is 0.487 e. The van der Waals surface area contributed by atoms with Crippen LogP contribution in [-0.4, -0.2) is 27.7 Å². The van der Waals surface area contributed by atoms with Crippen molar-refractivity contribution in [2.75, 3.05) is 5.32 Å². The quantitative estimate of drug-likeness (QED) is 0.634. The number of benzene rings is 1. The van der Waals surface area contributed by atoms with Crippen LogP contribution in [-0.2, 0) is 23.8 Å². The zero-order valence-corrected chi connectivity index (χ0v) is 17.9. The Balaban J connectivity index is 1.41. The fourth-order valence-electron chi connectivity index (χ4n) is 4.70. The van der Waals surface area contributed by atoms with Gasteiger partial charge < -0.3 is 15.2 Å². The first-order chi connectivity index (χ1) is 15.2. The van der Waals surface area contributed by atoms with E-state index in [1.807, 2.05) is 18.2 Å². The summed E-state index contributed by atoms with van der Waals surface area (Å²) < 4.78 is 46.2. The van der Waals surface area contributed by atoms with Gasteiger partial charge in [0.2, 0.25) is 0 Å². The number of nitrogens with one attached hydrogen (secondary N) is 1. The minimum Gasteiger partial charge on any atom is -0.487 e. The lowest BCUT2D eigenvalue weighted by Crippen LogP contribution is -2.45. The van der Waals surface area contributed by atoms with Crippen molar-refractivity contribution >= 4 is 11.8 Å². The van der Waals surface area contributed by atoms with Crippen molar-refractivity contribution in [3.63, 3.8) is 0 Å². The molecule has 2 heterocycles. The van der Waals surface area contributed by atoms with E-state index < -0.39 is 23.6 Å². The second kappa shape index (κ2) is 8.64. The molecule has 172 valence electrons. The first-order valence-corrected chi connectivity index (χ1v) is 11.0. The minimum atomic E-state index is -4.45. The van der Waals surface area contributed by atoms with Crippen LogP contribution in [0.5, 0.6) is 5.75 Å². The number of rotatable bonds is 5. The minimum absolute atomic E-state index is 0.0932. The topological polar surface area (TPSA) is 71.5 Å². The number of anilines is 1. The van der Waals surface area contributed by atoms with Gasteiger partial charge in [-0.25, -0.2) is 4.98 Å². The van der Waals surface area contributed by atoms with Gasteiger partial charge in [-0.15, -0.1) is 0 Å². The highest BCUT2D eigenvalue weighted by molar-refractivity contribution is 5.70. The fourth-order valence-corrected chi connectivity index (χ4v) is 4.70. The summed E-state index contributed by atoms with van der Waals surface area (Å²) in [5.41, 5.74) is 0.983. The Kier molecular flexibility index (Phi) is 6.05. The summed E-state index contributed by atoms with van der Waals surface area (Å²) >= 11 is 0. The van der Waals surface area contributed by atoms with E-state index in [4.69, 9.17) is 9.84 Å². The molecule has 8 heteroatoms. The Morgan fingerprint density at radius 1 is 1.28 bits per heavy atom. The van der Waals surface area contributed by atoms with Gasteiger partial charge in [0.25, 0.3) is 0 Å². The number of aromatic nitrogens is 1. The molecule has 1 aliphatic heterocycles. The number of ether oxygens (including phenoxy) is 1. The number of aryl methyl sites for hydroxylation is 1. The van der Waals surface area contributed by atoms with Gasteiger partial charge >= 0.3 is 12.1 Å². The number of halogens is 3. The molecule has 1 aromatic carbocycles. The zero-order chi connectivity index (χ0) is 22.9. The number of carboxylic acids is 1. The maximum atomic E-state index is 13.3. The van der Waals surface area contributed by atoms with Gasteiger partial charge in [0.1, 0.15) is 17.2 Å². The van der Waals surface area contributed by atoms with E-state index in [0.717, 1.165) is 48.6 Å². The zero-order valence-electron chi connectivity index (χ0n) is 17.9. The van der Waals surface area contributed by atoms with E-state index in [1.165, 1.54) is 12.3 Å². The number of hydrogen-bond donors (Lipinski definition) is 2. The van der Waals surface area contributed by atoms with E-state index in [-0.39, 0.29) is 17.5 Å². The number of alkyl halides is 3. The Labute approximate surface area is 185 Å². The molecule has 1 aliphatic carbocycles. The highest BCUT2D eigenvalue weighted by atomic mass is 19.4. The number of fused-ring (bicyclic) bond motifs is 1. The van der Waals surface area contributed by atoms with Gasteiger partial charge in [-0.2, -0.15) is 13.2 Å². The van der Waals surface area contributed by atoms with Crippen LogP contribution in [0.15, 0.2) is 36.5 Å². The van der Waals surface area contributed by atoms with E-state index in [2.05, 4.69) is 10.3 Å². The Morgan fingerprint density at radius 2 is 2.03 bits per heavy atom. The van der Waals surface area contributed by atoms with Crippen molar-refractivity contribution in [3.8, 4) is 5.75 Å². The fraction of sp³-hybridized carbons (Fsp3) is 0.500. The van der Waals surface area contributed by atoms with Crippen molar-refractivity contribution in [3.05, 3.63) is 53.2 Å². The van der Waals surface area contributed by atoms with Crippen LogP contribution in [0, 0.1) is 5.92 Å². The molecule has 0 radical (unpaired) electrons. The smallest absolute Gasteiger partial charge is 0.419 e. The van der Waals surface area contributed by atoms with Crippen LogP contribution in [0.4, 0.5) is 19.0 Å². The van der Waals surface area contributed by atoms with Gasteiger partial charge in [-0.3, -0.25) is 4.79 Å². The SMILES string of the molecule is CC(Cc1ccc2c(c1)OC1(CC2)CCC(Nc2ncccc2C(F)(F)F)CC1)C(=O)O. The molecule has 0 amide bonds. The number of hydrogen-bond acceptors (Lipinski definition) is 4. The Hall–Kier alpha value is -2.77. The second-order valence-electron chi connectivity index (χ2n) is 8.99. The van der Waals surface area contributed by atoms with Gasteiger partial charge in [-0.05, 0) is 74.3 Å². The van der Waals surface area contributed by atoms with Crippen molar-refractivity contribution in [1.82, 2.24) is 4.98 Å². The normalized spacial score (nSPS) is 23.8. The van der Waals surface area contributed by atoms with E-state index in [9.17, 15) is 18.0 Å². The molecule has 1 unspecified atom stereocenters. The van der Waals surface area contributed by atoms with Gasteiger partial charge in [-0.1, -0.05) is 19.1 Å². The third kappa shape index (κ3) is 4.84.